The first-order valence-electron chi connectivity index (χ1n) is 5.64. The number of rotatable bonds is 5. The van der Waals surface area contributed by atoms with Gasteiger partial charge in [-0.1, -0.05) is 0 Å². The maximum absolute atomic E-state index is 11.5. The number of sulfone groups is 1. The summed E-state index contributed by atoms with van der Waals surface area (Å²) in [6, 6.07) is 3.31. The van der Waals surface area contributed by atoms with Crippen molar-refractivity contribution in [3.63, 3.8) is 0 Å². The molecule has 0 saturated carbocycles. The Morgan fingerprint density at radius 2 is 2.05 bits per heavy atom. The number of nitrogens with two attached hydrogens (primary N) is 1. The highest BCUT2D eigenvalue weighted by atomic mass is 32.2. The summed E-state index contributed by atoms with van der Waals surface area (Å²) >= 11 is 0. The molecule has 0 heterocycles. The Balaban J connectivity index is 2.91. The van der Waals surface area contributed by atoms with Crippen LogP contribution in [0.5, 0.6) is 0 Å². The van der Waals surface area contributed by atoms with Crippen LogP contribution in [0.3, 0.4) is 0 Å². The van der Waals surface area contributed by atoms with E-state index in [9.17, 15) is 13.2 Å². The predicted octanol–water partition coefficient (Wildman–Crippen LogP) is 0.820. The molecule has 0 radical (unpaired) electrons. The molecule has 0 bridgehead atoms. The van der Waals surface area contributed by atoms with Crippen molar-refractivity contribution in [3.05, 3.63) is 23.3 Å². The number of ether oxygens (including phenoxy) is 1. The number of carbonyl (C=O) groups is 1. The minimum atomic E-state index is -3.02. The summed E-state index contributed by atoms with van der Waals surface area (Å²) in [4.78, 5) is 11.5. The molecule has 6 nitrogen and oxygen atoms in total. The van der Waals surface area contributed by atoms with Gasteiger partial charge in [-0.25, -0.2) is 13.2 Å². The van der Waals surface area contributed by atoms with E-state index in [1.807, 2.05) is 0 Å². The Hall–Kier alpha value is -1.76. The molecule has 0 aliphatic heterocycles. The summed E-state index contributed by atoms with van der Waals surface area (Å²) in [5.41, 5.74) is 7.79. The first-order chi connectivity index (χ1) is 8.74. The summed E-state index contributed by atoms with van der Waals surface area (Å²) in [7, 11) is -1.74. The molecule has 0 spiro atoms. The summed E-state index contributed by atoms with van der Waals surface area (Å²) < 4.78 is 26.7. The smallest absolute Gasteiger partial charge is 0.340 e. The minimum Gasteiger partial charge on any atom is -0.465 e. The summed E-state index contributed by atoms with van der Waals surface area (Å²) in [5.74, 6) is -0.503. The van der Waals surface area contributed by atoms with Crippen molar-refractivity contribution in [2.75, 3.05) is 36.7 Å². The maximum Gasteiger partial charge on any atom is 0.340 e. The zero-order valence-electron chi connectivity index (χ0n) is 11.2. The number of hydrogen-bond donors (Lipinski definition) is 2. The highest BCUT2D eigenvalue weighted by molar-refractivity contribution is 7.90. The lowest BCUT2D eigenvalue weighted by Crippen LogP contribution is -2.15. The normalized spacial score (nSPS) is 11.1. The van der Waals surface area contributed by atoms with E-state index in [0.29, 0.717) is 11.4 Å². The van der Waals surface area contributed by atoms with Gasteiger partial charge in [-0.2, -0.15) is 0 Å². The second-order valence-corrected chi connectivity index (χ2v) is 6.56. The Morgan fingerprint density at radius 1 is 1.42 bits per heavy atom. The Morgan fingerprint density at radius 3 is 2.58 bits per heavy atom. The van der Waals surface area contributed by atoms with Gasteiger partial charge in [-0.3, -0.25) is 0 Å². The molecule has 0 unspecified atom stereocenters. The molecule has 0 fully saturated rings. The van der Waals surface area contributed by atoms with Crippen LogP contribution in [-0.4, -0.2) is 40.1 Å². The third-order valence-electron chi connectivity index (χ3n) is 2.59. The standard InChI is InChI=1S/C12H18N2O4S/c1-8-6-9(14-4-5-19(3,16)17)7-10(11(8)13)12(15)18-2/h6-7,14H,4-5,13H2,1-3H3. The average Bonchev–Trinajstić information content (AvgIpc) is 2.30. The van der Waals surface area contributed by atoms with Gasteiger partial charge in [0.1, 0.15) is 9.84 Å². The first-order valence-corrected chi connectivity index (χ1v) is 7.70. The van der Waals surface area contributed by atoms with Crippen molar-refractivity contribution in [1.29, 1.82) is 0 Å². The van der Waals surface area contributed by atoms with E-state index in [1.165, 1.54) is 13.4 Å². The monoisotopic (exact) mass is 286 g/mol. The Labute approximate surface area is 112 Å². The molecule has 0 saturated heterocycles. The van der Waals surface area contributed by atoms with Gasteiger partial charge >= 0.3 is 5.97 Å². The van der Waals surface area contributed by atoms with Crippen LogP contribution in [-0.2, 0) is 14.6 Å². The van der Waals surface area contributed by atoms with Crippen LogP contribution in [0.25, 0.3) is 0 Å². The van der Waals surface area contributed by atoms with Gasteiger partial charge in [-0.15, -0.1) is 0 Å². The number of anilines is 2. The second kappa shape index (κ2) is 5.92. The van der Waals surface area contributed by atoms with E-state index in [1.54, 1.807) is 19.1 Å². The number of benzene rings is 1. The quantitative estimate of drug-likeness (QED) is 0.614. The van der Waals surface area contributed by atoms with Crippen LogP contribution in [0, 0.1) is 6.92 Å². The SMILES string of the molecule is COC(=O)c1cc(NCCS(C)(=O)=O)cc(C)c1N. The van der Waals surface area contributed by atoms with Gasteiger partial charge in [0.25, 0.3) is 0 Å². The van der Waals surface area contributed by atoms with Crippen LogP contribution in [0.2, 0.25) is 0 Å². The molecule has 0 aliphatic rings. The Bertz CT molecular complexity index is 582. The van der Waals surface area contributed by atoms with E-state index in [0.717, 1.165) is 5.56 Å². The number of esters is 1. The molecule has 0 atom stereocenters. The average molecular weight is 286 g/mol. The van der Waals surface area contributed by atoms with E-state index in [2.05, 4.69) is 10.1 Å². The van der Waals surface area contributed by atoms with Crippen molar-refractivity contribution < 1.29 is 17.9 Å². The summed E-state index contributed by atoms with van der Waals surface area (Å²) in [6.45, 7) is 2.03. The van der Waals surface area contributed by atoms with Crippen molar-refractivity contribution in [2.24, 2.45) is 0 Å². The van der Waals surface area contributed by atoms with Crippen LogP contribution in [0.1, 0.15) is 15.9 Å². The fourth-order valence-corrected chi connectivity index (χ4v) is 2.03. The third-order valence-corrected chi connectivity index (χ3v) is 3.54. The number of carbonyl (C=O) groups excluding carboxylic acids is 1. The minimum absolute atomic E-state index is 0.0178. The van der Waals surface area contributed by atoms with E-state index < -0.39 is 15.8 Å². The molecule has 0 amide bonds. The van der Waals surface area contributed by atoms with Crippen LogP contribution in [0.15, 0.2) is 12.1 Å². The number of hydrogen-bond acceptors (Lipinski definition) is 6. The van der Waals surface area contributed by atoms with Gasteiger partial charge in [0.15, 0.2) is 0 Å². The largest absolute Gasteiger partial charge is 0.465 e. The van der Waals surface area contributed by atoms with E-state index in [-0.39, 0.29) is 17.9 Å². The maximum atomic E-state index is 11.5. The lowest BCUT2D eigenvalue weighted by atomic mass is 10.1. The van der Waals surface area contributed by atoms with Crippen LogP contribution >= 0.6 is 0 Å². The molecular formula is C12H18N2O4S. The van der Waals surface area contributed by atoms with Gasteiger partial charge in [0, 0.05) is 24.2 Å². The molecule has 1 aromatic rings. The fraction of sp³-hybridized carbons (Fsp3) is 0.417. The van der Waals surface area contributed by atoms with Crippen LogP contribution in [0.4, 0.5) is 11.4 Å². The molecule has 0 aliphatic carbocycles. The highest BCUT2D eigenvalue weighted by Gasteiger charge is 2.13. The predicted molar refractivity (Wildman–Crippen MR) is 75.1 cm³/mol. The lowest BCUT2D eigenvalue weighted by molar-refractivity contribution is 0.0602. The van der Waals surface area contributed by atoms with Crippen molar-refractivity contribution >= 4 is 27.2 Å². The number of nitrogen functional groups attached to an aromatic ring is 1. The first kappa shape index (κ1) is 15.3. The zero-order valence-corrected chi connectivity index (χ0v) is 12.0. The number of methoxy groups -OCH3 is 1. The molecular weight excluding hydrogens is 268 g/mol. The van der Waals surface area contributed by atoms with Crippen molar-refractivity contribution in [1.82, 2.24) is 0 Å². The van der Waals surface area contributed by atoms with Crippen molar-refractivity contribution in [2.45, 2.75) is 6.92 Å². The van der Waals surface area contributed by atoms with Gasteiger partial charge in [0.05, 0.1) is 18.4 Å². The molecule has 7 heteroatoms. The van der Waals surface area contributed by atoms with Crippen LogP contribution < -0.4 is 11.1 Å². The topological polar surface area (TPSA) is 98.5 Å². The number of aryl methyl sites for hydroxylation is 1. The van der Waals surface area contributed by atoms with Gasteiger partial charge < -0.3 is 15.8 Å². The molecule has 3 N–H and O–H groups in total. The molecule has 1 aromatic carbocycles. The van der Waals surface area contributed by atoms with E-state index in [4.69, 9.17) is 5.73 Å². The lowest BCUT2D eigenvalue weighted by Gasteiger charge is -2.12. The summed E-state index contributed by atoms with van der Waals surface area (Å²) in [6.07, 6.45) is 1.17. The summed E-state index contributed by atoms with van der Waals surface area (Å²) in [5, 5.41) is 2.95. The van der Waals surface area contributed by atoms with Crippen molar-refractivity contribution in [3.8, 4) is 0 Å². The van der Waals surface area contributed by atoms with Gasteiger partial charge in [0.2, 0.25) is 0 Å². The molecule has 1 rings (SSSR count). The molecule has 0 aromatic heterocycles. The Kier molecular flexibility index (Phi) is 4.77. The zero-order chi connectivity index (χ0) is 14.6. The number of nitrogens with one attached hydrogen (secondary N) is 1. The van der Waals surface area contributed by atoms with E-state index >= 15 is 0 Å². The third kappa shape index (κ3) is 4.44. The van der Waals surface area contributed by atoms with Gasteiger partial charge in [-0.05, 0) is 24.6 Å². The second-order valence-electron chi connectivity index (χ2n) is 4.30. The molecule has 106 valence electrons. The molecule has 19 heavy (non-hydrogen) atoms. The fourth-order valence-electron chi connectivity index (χ4n) is 1.56. The highest BCUT2D eigenvalue weighted by Crippen LogP contribution is 2.23.